The maximum absolute atomic E-state index is 5.96. The molecule has 0 aliphatic carbocycles. The number of hydrogen-bond acceptors (Lipinski definition) is 3. The molecule has 0 saturated carbocycles. The lowest BCUT2D eigenvalue weighted by atomic mass is 10.1. The van der Waals surface area contributed by atoms with Gasteiger partial charge in [-0.05, 0) is 25.5 Å². The van der Waals surface area contributed by atoms with Crippen molar-refractivity contribution in [3.8, 4) is 0 Å². The molecule has 1 unspecified atom stereocenters. The molecule has 1 atom stereocenters. The predicted molar refractivity (Wildman–Crippen MR) is 62.5 cm³/mol. The Bertz CT molecular complexity index is 416. The lowest BCUT2D eigenvalue weighted by molar-refractivity contribution is 0.421. The molecule has 3 heteroatoms. The molecule has 3 nitrogen and oxygen atoms in total. The Balaban J connectivity index is 2.42. The fraction of sp³-hybridized carbons (Fsp3) is 0.250. The van der Waals surface area contributed by atoms with Crippen molar-refractivity contribution in [3.63, 3.8) is 0 Å². The first-order valence-corrected chi connectivity index (χ1v) is 4.97. The average Bonchev–Trinajstić information content (AvgIpc) is 2.16. The minimum atomic E-state index is -0.704. The molecule has 0 amide bonds. The Labute approximate surface area is 89.7 Å². The fourth-order valence-corrected chi connectivity index (χ4v) is 1.71. The predicted octanol–water partition coefficient (Wildman–Crippen LogP) is 1.62. The lowest BCUT2D eigenvalue weighted by Gasteiger charge is -2.28. The van der Waals surface area contributed by atoms with Crippen LogP contribution in [0.2, 0.25) is 0 Å². The SMILES string of the molecule is CC1=CC(c2ccccc2)=NC(C)(N)N1. The third kappa shape index (κ3) is 2.25. The molecule has 0 saturated heterocycles. The molecule has 0 radical (unpaired) electrons. The van der Waals surface area contributed by atoms with E-state index in [4.69, 9.17) is 5.73 Å². The molecule has 1 aliphatic rings. The van der Waals surface area contributed by atoms with Gasteiger partial charge < -0.3 is 5.32 Å². The van der Waals surface area contributed by atoms with Crippen molar-refractivity contribution in [3.05, 3.63) is 47.7 Å². The van der Waals surface area contributed by atoms with Gasteiger partial charge >= 0.3 is 0 Å². The molecule has 1 aromatic carbocycles. The van der Waals surface area contributed by atoms with Crippen LogP contribution < -0.4 is 11.1 Å². The van der Waals surface area contributed by atoms with Crippen LogP contribution in [0, 0.1) is 0 Å². The smallest absolute Gasteiger partial charge is 0.179 e. The molecule has 1 heterocycles. The summed E-state index contributed by atoms with van der Waals surface area (Å²) in [6.45, 7) is 3.84. The summed E-state index contributed by atoms with van der Waals surface area (Å²) in [5.41, 5.74) is 9.01. The zero-order valence-electron chi connectivity index (χ0n) is 8.99. The minimum absolute atomic E-state index is 0.704. The Morgan fingerprint density at radius 1 is 1.27 bits per heavy atom. The van der Waals surface area contributed by atoms with Gasteiger partial charge in [-0.3, -0.25) is 5.73 Å². The quantitative estimate of drug-likeness (QED) is 0.725. The van der Waals surface area contributed by atoms with E-state index in [1.165, 1.54) is 0 Å². The molecule has 0 spiro atoms. The van der Waals surface area contributed by atoms with Gasteiger partial charge in [0.1, 0.15) is 0 Å². The molecule has 0 aromatic heterocycles. The van der Waals surface area contributed by atoms with E-state index in [0.717, 1.165) is 17.0 Å². The summed E-state index contributed by atoms with van der Waals surface area (Å²) < 4.78 is 0. The molecular weight excluding hydrogens is 186 g/mol. The molecule has 2 rings (SSSR count). The number of nitrogens with two attached hydrogens (primary N) is 1. The average molecular weight is 201 g/mol. The van der Waals surface area contributed by atoms with Crippen molar-refractivity contribution < 1.29 is 0 Å². The van der Waals surface area contributed by atoms with Crippen LogP contribution in [0.5, 0.6) is 0 Å². The summed E-state index contributed by atoms with van der Waals surface area (Å²) in [6.07, 6.45) is 2.00. The first-order valence-electron chi connectivity index (χ1n) is 4.97. The summed E-state index contributed by atoms with van der Waals surface area (Å²) in [7, 11) is 0. The van der Waals surface area contributed by atoms with Gasteiger partial charge in [0.25, 0.3) is 0 Å². The van der Waals surface area contributed by atoms with E-state index < -0.39 is 5.79 Å². The van der Waals surface area contributed by atoms with Crippen LogP contribution in [-0.2, 0) is 0 Å². The first-order chi connectivity index (χ1) is 7.07. The molecular formula is C12H15N3. The highest BCUT2D eigenvalue weighted by Crippen LogP contribution is 2.13. The van der Waals surface area contributed by atoms with Gasteiger partial charge in [0.15, 0.2) is 5.79 Å². The first kappa shape index (κ1) is 9.93. The van der Waals surface area contributed by atoms with Crippen LogP contribution in [-0.4, -0.2) is 11.5 Å². The van der Waals surface area contributed by atoms with E-state index in [2.05, 4.69) is 10.3 Å². The Morgan fingerprint density at radius 3 is 2.53 bits per heavy atom. The van der Waals surface area contributed by atoms with Gasteiger partial charge in [0.05, 0.1) is 5.71 Å². The van der Waals surface area contributed by atoms with E-state index in [0.29, 0.717) is 0 Å². The topological polar surface area (TPSA) is 50.4 Å². The van der Waals surface area contributed by atoms with E-state index >= 15 is 0 Å². The van der Waals surface area contributed by atoms with Crippen LogP contribution in [0.1, 0.15) is 19.4 Å². The molecule has 1 aromatic rings. The standard InChI is InChI=1S/C12H15N3/c1-9-8-11(15-12(2,13)14-9)10-6-4-3-5-7-10/h3-8,14H,13H2,1-2H3. The van der Waals surface area contributed by atoms with E-state index in [1.807, 2.05) is 50.3 Å². The van der Waals surface area contributed by atoms with Crippen molar-refractivity contribution in [1.29, 1.82) is 0 Å². The highest BCUT2D eigenvalue weighted by molar-refractivity contribution is 6.09. The Morgan fingerprint density at radius 2 is 1.93 bits per heavy atom. The van der Waals surface area contributed by atoms with Gasteiger partial charge in [-0.25, -0.2) is 4.99 Å². The van der Waals surface area contributed by atoms with Gasteiger partial charge in [0, 0.05) is 5.70 Å². The number of aliphatic imine (C=N–C) groups is 1. The fourth-order valence-electron chi connectivity index (χ4n) is 1.71. The normalized spacial score (nSPS) is 25.3. The molecule has 0 bridgehead atoms. The number of allylic oxidation sites excluding steroid dienone is 2. The molecule has 0 fully saturated rings. The molecule has 78 valence electrons. The van der Waals surface area contributed by atoms with E-state index in [9.17, 15) is 0 Å². The minimum Gasteiger partial charge on any atom is -0.353 e. The number of rotatable bonds is 1. The van der Waals surface area contributed by atoms with Crippen LogP contribution >= 0.6 is 0 Å². The van der Waals surface area contributed by atoms with E-state index in [-0.39, 0.29) is 0 Å². The van der Waals surface area contributed by atoms with Crippen molar-refractivity contribution in [2.24, 2.45) is 10.7 Å². The van der Waals surface area contributed by atoms with Crippen LogP contribution in [0.25, 0.3) is 0 Å². The number of hydrogen-bond donors (Lipinski definition) is 2. The van der Waals surface area contributed by atoms with E-state index in [1.54, 1.807) is 0 Å². The summed E-state index contributed by atoms with van der Waals surface area (Å²) >= 11 is 0. The summed E-state index contributed by atoms with van der Waals surface area (Å²) in [5, 5.41) is 3.11. The number of benzene rings is 1. The van der Waals surface area contributed by atoms with Gasteiger partial charge in [0.2, 0.25) is 0 Å². The highest BCUT2D eigenvalue weighted by Gasteiger charge is 2.21. The van der Waals surface area contributed by atoms with Gasteiger partial charge in [-0.15, -0.1) is 0 Å². The summed E-state index contributed by atoms with van der Waals surface area (Å²) in [4.78, 5) is 4.44. The Hall–Kier alpha value is -1.61. The zero-order chi connectivity index (χ0) is 10.9. The number of nitrogens with one attached hydrogen (secondary N) is 1. The van der Waals surface area contributed by atoms with Crippen molar-refractivity contribution in [1.82, 2.24) is 5.32 Å². The highest BCUT2D eigenvalue weighted by atomic mass is 15.3. The summed E-state index contributed by atoms with van der Waals surface area (Å²) in [6, 6.07) is 10.0. The summed E-state index contributed by atoms with van der Waals surface area (Å²) in [5.74, 6) is -0.704. The van der Waals surface area contributed by atoms with Crippen molar-refractivity contribution in [2.45, 2.75) is 19.6 Å². The van der Waals surface area contributed by atoms with Crippen molar-refractivity contribution in [2.75, 3.05) is 0 Å². The van der Waals surface area contributed by atoms with Crippen LogP contribution in [0.3, 0.4) is 0 Å². The van der Waals surface area contributed by atoms with Crippen LogP contribution in [0.15, 0.2) is 47.1 Å². The second-order valence-electron chi connectivity index (χ2n) is 3.96. The van der Waals surface area contributed by atoms with Gasteiger partial charge in [-0.1, -0.05) is 30.3 Å². The second-order valence-corrected chi connectivity index (χ2v) is 3.96. The maximum atomic E-state index is 5.96. The number of nitrogens with zero attached hydrogens (tertiary/aromatic N) is 1. The largest absolute Gasteiger partial charge is 0.353 e. The molecule has 15 heavy (non-hydrogen) atoms. The lowest BCUT2D eigenvalue weighted by Crippen LogP contribution is -2.50. The monoisotopic (exact) mass is 201 g/mol. The third-order valence-electron chi connectivity index (χ3n) is 2.23. The van der Waals surface area contributed by atoms with Gasteiger partial charge in [-0.2, -0.15) is 0 Å². The third-order valence-corrected chi connectivity index (χ3v) is 2.23. The zero-order valence-corrected chi connectivity index (χ0v) is 8.99. The molecule has 1 aliphatic heterocycles. The maximum Gasteiger partial charge on any atom is 0.179 e. The van der Waals surface area contributed by atoms with Crippen molar-refractivity contribution >= 4 is 5.71 Å². The molecule has 3 N–H and O–H groups in total. The second kappa shape index (κ2) is 3.51. The Kier molecular flexibility index (Phi) is 2.32. The van der Waals surface area contributed by atoms with Crippen LogP contribution in [0.4, 0.5) is 0 Å².